The number of carbonyl (C=O) groups is 2. The molecule has 6 nitrogen and oxygen atoms in total. The second-order valence-electron chi connectivity index (χ2n) is 4.58. The first-order valence-corrected chi connectivity index (χ1v) is 7.38. The molecule has 2 rings (SSSR count). The lowest BCUT2D eigenvalue weighted by Crippen LogP contribution is -2.30. The molecule has 122 valence electrons. The fraction of sp³-hybridized carbons (Fsp3) is 0.286. The Balaban J connectivity index is 1.99. The SMILES string of the molecule is CC(=O)c1cccc(O[C@H](C)C(=O)Nc2nnc(C(F)F)s2)c1. The van der Waals surface area contributed by atoms with Crippen LogP contribution in [0, 0.1) is 0 Å². The Kier molecular flexibility index (Phi) is 5.32. The lowest BCUT2D eigenvalue weighted by molar-refractivity contribution is -0.122. The van der Waals surface area contributed by atoms with Gasteiger partial charge in [0.2, 0.25) is 5.13 Å². The van der Waals surface area contributed by atoms with Gasteiger partial charge in [-0.1, -0.05) is 23.5 Å². The number of ether oxygens (including phenoxy) is 1. The summed E-state index contributed by atoms with van der Waals surface area (Å²) in [6, 6.07) is 6.39. The normalized spacial score (nSPS) is 12.0. The van der Waals surface area contributed by atoms with Crippen molar-refractivity contribution < 1.29 is 23.1 Å². The first kappa shape index (κ1) is 16.9. The maximum atomic E-state index is 12.4. The Hall–Kier alpha value is -2.42. The van der Waals surface area contributed by atoms with Gasteiger partial charge in [-0.25, -0.2) is 8.78 Å². The molecule has 0 fully saturated rings. The molecule has 0 aliphatic rings. The fourth-order valence-electron chi connectivity index (χ4n) is 1.63. The molecule has 0 spiro atoms. The predicted molar refractivity (Wildman–Crippen MR) is 80.0 cm³/mol. The molecular weight excluding hydrogens is 328 g/mol. The molecule has 0 radical (unpaired) electrons. The molecule has 1 aromatic heterocycles. The van der Waals surface area contributed by atoms with Gasteiger partial charge in [0, 0.05) is 5.56 Å². The number of aromatic nitrogens is 2. The lowest BCUT2D eigenvalue weighted by Gasteiger charge is -2.13. The second-order valence-corrected chi connectivity index (χ2v) is 5.59. The third-order valence-corrected chi connectivity index (χ3v) is 3.63. The van der Waals surface area contributed by atoms with Crippen LogP contribution in [0.1, 0.15) is 35.6 Å². The first-order valence-electron chi connectivity index (χ1n) is 6.57. The summed E-state index contributed by atoms with van der Waals surface area (Å²) < 4.78 is 30.3. The van der Waals surface area contributed by atoms with Crippen molar-refractivity contribution in [3.63, 3.8) is 0 Å². The van der Waals surface area contributed by atoms with Crippen molar-refractivity contribution in [2.75, 3.05) is 5.32 Å². The number of nitrogens with one attached hydrogen (secondary N) is 1. The van der Waals surface area contributed by atoms with Crippen molar-refractivity contribution in [3.05, 3.63) is 34.8 Å². The van der Waals surface area contributed by atoms with E-state index in [0.717, 1.165) is 0 Å². The Bertz CT molecular complexity index is 721. The molecule has 0 bridgehead atoms. The number of hydrogen-bond acceptors (Lipinski definition) is 6. The summed E-state index contributed by atoms with van der Waals surface area (Å²) in [5.74, 6) is -0.331. The summed E-state index contributed by atoms with van der Waals surface area (Å²) in [4.78, 5) is 23.3. The molecule has 1 heterocycles. The Morgan fingerprint density at radius 1 is 1.30 bits per heavy atom. The van der Waals surface area contributed by atoms with E-state index in [-0.39, 0.29) is 10.9 Å². The van der Waals surface area contributed by atoms with Crippen molar-refractivity contribution in [1.82, 2.24) is 10.2 Å². The average molecular weight is 341 g/mol. The van der Waals surface area contributed by atoms with Crippen molar-refractivity contribution in [1.29, 1.82) is 0 Å². The maximum Gasteiger partial charge on any atom is 0.291 e. The number of nitrogens with zero attached hydrogens (tertiary/aromatic N) is 2. The molecule has 23 heavy (non-hydrogen) atoms. The quantitative estimate of drug-likeness (QED) is 0.817. The number of Topliss-reactive ketones (excluding diaryl/α,β-unsaturated/α-hetero) is 1. The zero-order valence-electron chi connectivity index (χ0n) is 12.2. The highest BCUT2D eigenvalue weighted by Crippen LogP contribution is 2.25. The summed E-state index contributed by atoms with van der Waals surface area (Å²) in [6.07, 6.45) is -3.64. The van der Waals surface area contributed by atoms with E-state index in [1.807, 2.05) is 0 Å². The number of rotatable bonds is 6. The third kappa shape index (κ3) is 4.52. The van der Waals surface area contributed by atoms with E-state index < -0.39 is 23.4 Å². The number of hydrogen-bond donors (Lipinski definition) is 1. The molecule has 1 N–H and O–H groups in total. The highest BCUT2D eigenvalue weighted by molar-refractivity contribution is 7.15. The number of ketones is 1. The predicted octanol–water partition coefficient (Wildman–Crippen LogP) is 3.08. The minimum absolute atomic E-state index is 0.0294. The van der Waals surface area contributed by atoms with Crippen LogP contribution in [0.4, 0.5) is 13.9 Å². The number of amides is 1. The van der Waals surface area contributed by atoms with Crippen molar-refractivity contribution in [2.24, 2.45) is 0 Å². The largest absolute Gasteiger partial charge is 0.481 e. The number of carbonyl (C=O) groups excluding carboxylic acids is 2. The fourth-order valence-corrected chi connectivity index (χ4v) is 2.23. The topological polar surface area (TPSA) is 81.2 Å². The van der Waals surface area contributed by atoms with Crippen LogP contribution >= 0.6 is 11.3 Å². The van der Waals surface area contributed by atoms with Crippen molar-refractivity contribution in [2.45, 2.75) is 26.4 Å². The standard InChI is InChI=1S/C14H13F2N3O3S/c1-7(20)9-4-3-5-10(6-9)22-8(2)12(21)17-14-19-18-13(23-14)11(15)16/h3-6,8,11H,1-2H3,(H,17,19,21)/t8-/m1/s1. The van der Waals surface area contributed by atoms with E-state index in [9.17, 15) is 18.4 Å². The van der Waals surface area contributed by atoms with Crippen LogP contribution < -0.4 is 10.1 Å². The lowest BCUT2D eigenvalue weighted by atomic mass is 10.1. The number of anilines is 1. The Labute approximate surface area is 134 Å². The Morgan fingerprint density at radius 2 is 2.04 bits per heavy atom. The van der Waals surface area contributed by atoms with E-state index in [0.29, 0.717) is 22.6 Å². The van der Waals surface area contributed by atoms with Gasteiger partial charge in [0.25, 0.3) is 12.3 Å². The summed E-state index contributed by atoms with van der Waals surface area (Å²) >= 11 is 0.595. The van der Waals surface area contributed by atoms with Crippen LogP contribution in [0.5, 0.6) is 5.75 Å². The van der Waals surface area contributed by atoms with Gasteiger partial charge in [0.1, 0.15) is 5.75 Å². The second kappa shape index (κ2) is 7.23. The van der Waals surface area contributed by atoms with E-state index in [1.165, 1.54) is 19.9 Å². The first-order chi connectivity index (χ1) is 10.9. The molecule has 1 atom stereocenters. The number of benzene rings is 1. The van der Waals surface area contributed by atoms with E-state index in [1.54, 1.807) is 18.2 Å². The van der Waals surface area contributed by atoms with Gasteiger partial charge in [0.05, 0.1) is 0 Å². The van der Waals surface area contributed by atoms with Crippen LogP contribution in [-0.2, 0) is 4.79 Å². The smallest absolute Gasteiger partial charge is 0.291 e. The van der Waals surface area contributed by atoms with Crippen LogP contribution in [0.3, 0.4) is 0 Å². The number of halogens is 2. The monoisotopic (exact) mass is 341 g/mol. The van der Waals surface area contributed by atoms with E-state index in [4.69, 9.17) is 4.74 Å². The summed E-state index contributed by atoms with van der Waals surface area (Å²) in [7, 11) is 0. The molecule has 2 aromatic rings. The summed E-state index contributed by atoms with van der Waals surface area (Å²) in [5, 5.41) is 8.59. The average Bonchev–Trinajstić information content (AvgIpc) is 2.96. The highest BCUT2D eigenvalue weighted by Gasteiger charge is 2.19. The highest BCUT2D eigenvalue weighted by atomic mass is 32.1. The van der Waals surface area contributed by atoms with E-state index >= 15 is 0 Å². The van der Waals surface area contributed by atoms with Crippen LogP contribution in [-0.4, -0.2) is 28.0 Å². The molecule has 1 amide bonds. The minimum atomic E-state index is -2.74. The van der Waals surface area contributed by atoms with Crippen molar-refractivity contribution in [3.8, 4) is 5.75 Å². The van der Waals surface area contributed by atoms with E-state index in [2.05, 4.69) is 15.5 Å². The molecule has 0 saturated heterocycles. The molecule has 9 heteroatoms. The Morgan fingerprint density at radius 3 is 2.65 bits per heavy atom. The van der Waals surface area contributed by atoms with Gasteiger partial charge >= 0.3 is 0 Å². The molecule has 1 aromatic carbocycles. The van der Waals surface area contributed by atoms with Gasteiger partial charge in [-0.15, -0.1) is 10.2 Å². The molecule has 0 unspecified atom stereocenters. The van der Waals surface area contributed by atoms with Gasteiger partial charge in [-0.05, 0) is 26.0 Å². The third-order valence-electron chi connectivity index (χ3n) is 2.78. The zero-order chi connectivity index (χ0) is 17.0. The molecule has 0 aliphatic carbocycles. The van der Waals surface area contributed by atoms with Gasteiger partial charge in [-0.3, -0.25) is 14.9 Å². The minimum Gasteiger partial charge on any atom is -0.481 e. The number of alkyl halides is 2. The summed E-state index contributed by atoms with van der Waals surface area (Å²) in [5.41, 5.74) is 0.459. The van der Waals surface area contributed by atoms with Crippen molar-refractivity contribution >= 4 is 28.2 Å². The molecule has 0 saturated carbocycles. The van der Waals surface area contributed by atoms with Gasteiger partial charge < -0.3 is 4.74 Å². The zero-order valence-corrected chi connectivity index (χ0v) is 13.1. The van der Waals surface area contributed by atoms with Crippen LogP contribution in [0.2, 0.25) is 0 Å². The molecule has 0 aliphatic heterocycles. The van der Waals surface area contributed by atoms with Gasteiger partial charge in [-0.2, -0.15) is 0 Å². The maximum absolute atomic E-state index is 12.4. The summed E-state index contributed by atoms with van der Waals surface area (Å²) in [6.45, 7) is 2.91. The van der Waals surface area contributed by atoms with Crippen LogP contribution in [0.25, 0.3) is 0 Å². The van der Waals surface area contributed by atoms with Gasteiger partial charge in [0.15, 0.2) is 16.9 Å². The van der Waals surface area contributed by atoms with Crippen LogP contribution in [0.15, 0.2) is 24.3 Å². The molecular formula is C14H13F2N3O3S.